The van der Waals surface area contributed by atoms with E-state index in [0.717, 1.165) is 0 Å². The van der Waals surface area contributed by atoms with E-state index < -0.39 is 23.9 Å². The van der Waals surface area contributed by atoms with Crippen LogP contribution in [0.25, 0.3) is 0 Å². The van der Waals surface area contributed by atoms with Gasteiger partial charge < -0.3 is 34.8 Å². The second-order valence-corrected chi connectivity index (χ2v) is 1.17. The summed E-state index contributed by atoms with van der Waals surface area (Å²) in [6.45, 7) is 0. The summed E-state index contributed by atoms with van der Waals surface area (Å²) in [5.74, 6) is -8.38. The molecule has 0 saturated carbocycles. The molecule has 0 spiro atoms. The van der Waals surface area contributed by atoms with Crippen molar-refractivity contribution in [3.8, 4) is 0 Å². The zero-order valence-corrected chi connectivity index (χ0v) is 12.0. The minimum atomic E-state index is -2.19. The number of carbonyl (C=O) groups excluding carboxylic acids is 3. The minimum Gasteiger partial charge on any atom is -0.543 e. The van der Waals surface area contributed by atoms with Crippen LogP contribution in [0.15, 0.2) is 0 Å². The molecule has 0 radical (unpaired) electrons. The second-order valence-electron chi connectivity index (χ2n) is 1.17. The summed E-state index contributed by atoms with van der Waals surface area (Å²) in [5.41, 5.74) is 0. The number of carbonyl (C=O) groups is 4. The molecule has 0 heterocycles. The van der Waals surface area contributed by atoms with E-state index >= 15 is 0 Å². The molecule has 14 heavy (non-hydrogen) atoms. The van der Waals surface area contributed by atoms with Gasteiger partial charge in [0.05, 0.1) is 11.9 Å². The molecule has 0 bridgehead atoms. The van der Waals surface area contributed by atoms with Crippen LogP contribution >= 0.6 is 0 Å². The van der Waals surface area contributed by atoms with Crippen LogP contribution < -0.4 is 66.7 Å². The third-order valence-electron chi connectivity index (χ3n) is 0.341. The fourth-order valence-corrected chi connectivity index (χ4v) is 0. The Labute approximate surface area is 134 Å². The second kappa shape index (κ2) is 13.2. The number of carboxylic acid groups (broad SMARTS) is 4. The minimum absolute atomic E-state index is 0. The SMILES string of the molecule is O=C([O-])C(=O)O.O=C([O-])C(=O)[O-].[K+].[Pt+2]. The van der Waals surface area contributed by atoms with Gasteiger partial charge >= 0.3 is 78.4 Å². The quantitative estimate of drug-likeness (QED) is 0.304. The molecular formula is C4HKO8Pt. The summed E-state index contributed by atoms with van der Waals surface area (Å²) in [6.07, 6.45) is 0. The van der Waals surface area contributed by atoms with Crippen LogP contribution in [0.4, 0.5) is 0 Å². The van der Waals surface area contributed by atoms with Crippen molar-refractivity contribution >= 4 is 23.9 Å². The molecule has 0 aromatic heterocycles. The summed E-state index contributed by atoms with van der Waals surface area (Å²) in [5, 5.41) is 34.2. The van der Waals surface area contributed by atoms with Crippen LogP contribution in [-0.2, 0) is 40.2 Å². The fourth-order valence-electron chi connectivity index (χ4n) is 0. The molecule has 0 rings (SSSR count). The van der Waals surface area contributed by atoms with Crippen molar-refractivity contribution in [2.45, 2.75) is 0 Å². The Morgan fingerprint density at radius 3 is 0.929 bits per heavy atom. The molecule has 0 aliphatic carbocycles. The van der Waals surface area contributed by atoms with E-state index in [1.807, 2.05) is 0 Å². The van der Waals surface area contributed by atoms with Crippen molar-refractivity contribution in [1.82, 2.24) is 0 Å². The number of hydrogen-bond donors (Lipinski definition) is 1. The first-order valence-corrected chi connectivity index (χ1v) is 2.15. The largest absolute Gasteiger partial charge is 2.00 e. The molecule has 10 heteroatoms. The fraction of sp³-hybridized carbons (Fsp3) is 0. The Kier molecular flexibility index (Phi) is 22.4. The summed E-state index contributed by atoms with van der Waals surface area (Å²) < 4.78 is 0. The van der Waals surface area contributed by atoms with Gasteiger partial charge in [0.1, 0.15) is 0 Å². The van der Waals surface area contributed by atoms with E-state index in [2.05, 4.69) is 0 Å². The first-order chi connectivity index (χ1) is 5.29. The molecule has 0 unspecified atom stereocenters. The Morgan fingerprint density at radius 2 is 0.929 bits per heavy atom. The van der Waals surface area contributed by atoms with Crippen molar-refractivity contribution < 1.29 is 112 Å². The Balaban J connectivity index is -0.0000000625. The molecule has 0 amide bonds. The van der Waals surface area contributed by atoms with Crippen LogP contribution in [0.2, 0.25) is 0 Å². The maximum atomic E-state index is 9.04. The predicted molar refractivity (Wildman–Crippen MR) is 22.7 cm³/mol. The Morgan fingerprint density at radius 1 is 0.786 bits per heavy atom. The molecule has 0 atom stereocenters. The van der Waals surface area contributed by atoms with Gasteiger partial charge in [0.25, 0.3) is 0 Å². The molecule has 0 aliphatic heterocycles. The van der Waals surface area contributed by atoms with Gasteiger partial charge in [-0.25, -0.2) is 4.79 Å². The van der Waals surface area contributed by atoms with Gasteiger partial charge in [-0.15, -0.1) is 0 Å². The summed E-state index contributed by atoms with van der Waals surface area (Å²) in [6, 6.07) is 0. The maximum absolute atomic E-state index is 9.04. The average Bonchev–Trinajstić information content (AvgIpc) is 1.88. The van der Waals surface area contributed by atoms with Crippen molar-refractivity contribution in [3.63, 3.8) is 0 Å². The summed E-state index contributed by atoms with van der Waals surface area (Å²) in [7, 11) is 0. The van der Waals surface area contributed by atoms with Gasteiger partial charge in [-0.05, 0) is 0 Å². The molecular weight excluding hydrogens is 410 g/mol. The number of hydrogen-bond acceptors (Lipinski definition) is 7. The standard InChI is InChI=1S/2C2H2O4.K.Pt/c2*3-1(4)2(5)6;;/h2*(H,3,4)(H,5,6);;/q;;+1;+2/p-3. The van der Waals surface area contributed by atoms with E-state index in [0.29, 0.717) is 0 Å². The summed E-state index contributed by atoms with van der Waals surface area (Å²) >= 11 is 0. The smallest absolute Gasteiger partial charge is 0.543 e. The zero-order chi connectivity index (χ0) is 10.3. The topological polar surface area (TPSA) is 158 Å². The molecule has 0 aromatic rings. The molecule has 0 fully saturated rings. The zero-order valence-electron chi connectivity index (χ0n) is 6.62. The van der Waals surface area contributed by atoms with E-state index in [4.69, 9.17) is 39.6 Å². The van der Waals surface area contributed by atoms with Gasteiger partial charge in [-0.1, -0.05) is 0 Å². The Hall–Kier alpha value is 0.205. The Bertz CT molecular complexity index is 177. The van der Waals surface area contributed by atoms with E-state index in [-0.39, 0.29) is 72.4 Å². The van der Waals surface area contributed by atoms with Crippen LogP contribution in [0.5, 0.6) is 0 Å². The van der Waals surface area contributed by atoms with E-state index in [1.54, 1.807) is 0 Å². The summed E-state index contributed by atoms with van der Waals surface area (Å²) in [4.78, 5) is 35.9. The molecule has 0 aromatic carbocycles. The van der Waals surface area contributed by atoms with Crippen molar-refractivity contribution in [2.75, 3.05) is 0 Å². The van der Waals surface area contributed by atoms with Gasteiger partial charge in [-0.3, -0.25) is 0 Å². The number of rotatable bonds is 0. The first kappa shape index (κ1) is 23.8. The number of carboxylic acids is 4. The van der Waals surface area contributed by atoms with Gasteiger partial charge in [0.2, 0.25) is 0 Å². The van der Waals surface area contributed by atoms with E-state index in [9.17, 15) is 0 Å². The molecule has 76 valence electrons. The average molecular weight is 411 g/mol. The van der Waals surface area contributed by atoms with Gasteiger partial charge in [0, 0.05) is 0 Å². The monoisotopic (exact) mass is 411 g/mol. The van der Waals surface area contributed by atoms with Crippen molar-refractivity contribution in [1.29, 1.82) is 0 Å². The van der Waals surface area contributed by atoms with E-state index in [1.165, 1.54) is 0 Å². The molecule has 0 aliphatic rings. The van der Waals surface area contributed by atoms with Crippen molar-refractivity contribution in [2.24, 2.45) is 0 Å². The van der Waals surface area contributed by atoms with Gasteiger partial charge in [-0.2, -0.15) is 0 Å². The van der Waals surface area contributed by atoms with Gasteiger partial charge in [0.15, 0.2) is 5.97 Å². The number of aliphatic carboxylic acids is 4. The van der Waals surface area contributed by atoms with Crippen LogP contribution in [-0.4, -0.2) is 29.0 Å². The maximum Gasteiger partial charge on any atom is 2.00 e. The van der Waals surface area contributed by atoms with Crippen LogP contribution in [0, 0.1) is 0 Å². The molecule has 1 N–H and O–H groups in total. The predicted octanol–water partition coefficient (Wildman–Crippen LogP) is -8.69. The third kappa shape index (κ3) is 22.8. The first-order valence-electron chi connectivity index (χ1n) is 2.15. The normalized spacial score (nSPS) is 6.29. The third-order valence-corrected chi connectivity index (χ3v) is 0.341. The molecule has 8 nitrogen and oxygen atoms in total. The molecule has 0 saturated heterocycles. The van der Waals surface area contributed by atoms with Crippen LogP contribution in [0.1, 0.15) is 0 Å². The van der Waals surface area contributed by atoms with Crippen LogP contribution in [0.3, 0.4) is 0 Å². The van der Waals surface area contributed by atoms with Crippen molar-refractivity contribution in [3.05, 3.63) is 0 Å².